The molecule has 1 heterocycles. The normalized spacial score (nSPS) is 12.8. The predicted octanol–water partition coefficient (Wildman–Crippen LogP) is 2.00. The van der Waals surface area contributed by atoms with E-state index in [-0.39, 0.29) is 5.54 Å². The Hall–Kier alpha value is -1.20. The second-order valence-electron chi connectivity index (χ2n) is 4.04. The van der Waals surface area contributed by atoms with Crippen LogP contribution in [0.3, 0.4) is 0 Å². The van der Waals surface area contributed by atoms with Crippen molar-refractivity contribution in [2.75, 3.05) is 6.54 Å². The van der Waals surface area contributed by atoms with Crippen molar-refractivity contribution in [3.05, 3.63) is 28.2 Å². The molecule has 0 saturated carbocycles. The van der Waals surface area contributed by atoms with Gasteiger partial charge in [0, 0.05) is 23.7 Å². The molecule has 0 spiro atoms. The van der Waals surface area contributed by atoms with E-state index in [1.54, 1.807) is 30.5 Å². The van der Waals surface area contributed by atoms with Gasteiger partial charge >= 0.3 is 5.97 Å². The summed E-state index contributed by atoms with van der Waals surface area (Å²) in [4.78, 5) is 14.8. The Morgan fingerprint density at radius 1 is 1.69 bits per heavy atom. The Morgan fingerprint density at radius 3 is 2.88 bits per heavy atom. The summed E-state index contributed by atoms with van der Waals surface area (Å²) in [6.45, 7) is 6.15. The molecule has 16 heavy (non-hydrogen) atoms. The van der Waals surface area contributed by atoms with E-state index in [4.69, 9.17) is 5.11 Å². The van der Waals surface area contributed by atoms with Crippen molar-refractivity contribution in [1.29, 1.82) is 0 Å². The summed E-state index contributed by atoms with van der Waals surface area (Å²) in [5.74, 6) is -0.881. The molecule has 5 heteroatoms. The maximum absolute atomic E-state index is 10.6. The summed E-state index contributed by atoms with van der Waals surface area (Å²) < 4.78 is 0. The van der Waals surface area contributed by atoms with Crippen LogP contribution in [0.25, 0.3) is 0 Å². The van der Waals surface area contributed by atoms with E-state index in [1.807, 2.05) is 19.2 Å². The molecular weight excluding hydrogens is 224 g/mol. The molecule has 0 radical (unpaired) electrons. The van der Waals surface area contributed by atoms with E-state index in [0.29, 0.717) is 12.1 Å². The molecule has 88 valence electrons. The SMILES string of the molecule is C/C(=C/CNC(C)(C)c1nccs1)C(=O)O. The number of nitrogens with one attached hydrogen (secondary N) is 1. The van der Waals surface area contributed by atoms with E-state index in [0.717, 1.165) is 5.01 Å². The van der Waals surface area contributed by atoms with Gasteiger partial charge in [-0.05, 0) is 20.8 Å². The fourth-order valence-corrected chi connectivity index (χ4v) is 1.89. The molecule has 1 rings (SSSR count). The Morgan fingerprint density at radius 2 is 2.38 bits per heavy atom. The van der Waals surface area contributed by atoms with Gasteiger partial charge in [-0.25, -0.2) is 9.78 Å². The fraction of sp³-hybridized carbons (Fsp3) is 0.455. The minimum atomic E-state index is -0.881. The number of rotatable bonds is 5. The minimum absolute atomic E-state index is 0.233. The summed E-state index contributed by atoms with van der Waals surface area (Å²) in [7, 11) is 0. The highest BCUT2D eigenvalue weighted by Crippen LogP contribution is 2.21. The van der Waals surface area contributed by atoms with E-state index in [2.05, 4.69) is 10.3 Å². The molecule has 0 aliphatic rings. The zero-order valence-electron chi connectivity index (χ0n) is 9.65. The minimum Gasteiger partial charge on any atom is -0.478 e. The van der Waals surface area contributed by atoms with Crippen molar-refractivity contribution in [1.82, 2.24) is 10.3 Å². The molecule has 0 unspecified atom stereocenters. The molecule has 0 amide bonds. The Kier molecular flexibility index (Phi) is 4.20. The van der Waals surface area contributed by atoms with Crippen LogP contribution in [0.1, 0.15) is 25.8 Å². The van der Waals surface area contributed by atoms with Crippen LogP contribution in [0.2, 0.25) is 0 Å². The van der Waals surface area contributed by atoms with Gasteiger partial charge in [0.05, 0.1) is 5.54 Å². The number of carboxylic acids is 1. The highest BCUT2D eigenvalue weighted by molar-refractivity contribution is 7.09. The molecule has 0 aliphatic heterocycles. The molecule has 2 N–H and O–H groups in total. The summed E-state index contributed by atoms with van der Waals surface area (Å²) in [6, 6.07) is 0. The molecule has 1 aromatic rings. The van der Waals surface area contributed by atoms with Crippen LogP contribution in [0.4, 0.5) is 0 Å². The lowest BCUT2D eigenvalue weighted by Crippen LogP contribution is -2.36. The lowest BCUT2D eigenvalue weighted by Gasteiger charge is -2.23. The number of nitrogens with zero attached hydrogens (tertiary/aromatic N) is 1. The monoisotopic (exact) mass is 240 g/mol. The third-order valence-electron chi connectivity index (χ3n) is 2.26. The van der Waals surface area contributed by atoms with Gasteiger partial charge in [-0.2, -0.15) is 0 Å². The number of hydrogen-bond acceptors (Lipinski definition) is 4. The van der Waals surface area contributed by atoms with Gasteiger partial charge in [-0.15, -0.1) is 11.3 Å². The quantitative estimate of drug-likeness (QED) is 0.773. The van der Waals surface area contributed by atoms with E-state index >= 15 is 0 Å². The second-order valence-corrected chi connectivity index (χ2v) is 4.93. The number of carbonyl (C=O) groups is 1. The number of hydrogen-bond donors (Lipinski definition) is 2. The average Bonchev–Trinajstić information content (AvgIpc) is 2.70. The summed E-state index contributed by atoms with van der Waals surface area (Å²) >= 11 is 1.58. The lowest BCUT2D eigenvalue weighted by atomic mass is 10.1. The first kappa shape index (κ1) is 12.9. The van der Waals surface area contributed by atoms with Gasteiger partial charge < -0.3 is 10.4 Å². The summed E-state index contributed by atoms with van der Waals surface area (Å²) in [5, 5.41) is 14.9. The van der Waals surface area contributed by atoms with Crippen LogP contribution in [0.5, 0.6) is 0 Å². The highest BCUT2D eigenvalue weighted by Gasteiger charge is 2.21. The first-order valence-electron chi connectivity index (χ1n) is 4.98. The number of aliphatic carboxylic acids is 1. The predicted molar refractivity (Wildman–Crippen MR) is 64.5 cm³/mol. The maximum atomic E-state index is 10.6. The number of carboxylic acid groups (broad SMARTS) is 1. The molecule has 0 saturated heterocycles. The highest BCUT2D eigenvalue weighted by atomic mass is 32.1. The number of aromatic nitrogens is 1. The molecule has 0 bridgehead atoms. The molecular formula is C11H16N2O2S. The third kappa shape index (κ3) is 3.43. The largest absolute Gasteiger partial charge is 0.478 e. The molecule has 0 aromatic carbocycles. The van der Waals surface area contributed by atoms with Crippen molar-refractivity contribution < 1.29 is 9.90 Å². The smallest absolute Gasteiger partial charge is 0.330 e. The van der Waals surface area contributed by atoms with Gasteiger partial charge in [0.15, 0.2) is 0 Å². The van der Waals surface area contributed by atoms with Gasteiger partial charge in [0.1, 0.15) is 5.01 Å². The molecule has 0 aliphatic carbocycles. The third-order valence-corrected chi connectivity index (χ3v) is 3.35. The molecule has 1 aromatic heterocycles. The van der Waals surface area contributed by atoms with Crippen LogP contribution >= 0.6 is 11.3 Å². The standard InChI is InChI=1S/C11H16N2O2S/c1-8(9(14)15)4-5-13-11(2,3)10-12-6-7-16-10/h4,6-7,13H,5H2,1-3H3,(H,14,15)/b8-4-. The van der Waals surface area contributed by atoms with Crippen molar-refractivity contribution >= 4 is 17.3 Å². The first-order chi connectivity index (χ1) is 7.43. The Balaban J connectivity index is 2.56. The number of thiazole rings is 1. The van der Waals surface area contributed by atoms with Gasteiger partial charge in [0.2, 0.25) is 0 Å². The molecule has 0 fully saturated rings. The van der Waals surface area contributed by atoms with E-state index in [9.17, 15) is 4.79 Å². The summed E-state index contributed by atoms with van der Waals surface area (Å²) in [5.41, 5.74) is 0.117. The van der Waals surface area contributed by atoms with Gasteiger partial charge in [-0.3, -0.25) is 0 Å². The van der Waals surface area contributed by atoms with Crippen LogP contribution < -0.4 is 5.32 Å². The van der Waals surface area contributed by atoms with Crippen LogP contribution in [-0.4, -0.2) is 22.6 Å². The Bertz CT molecular complexity index is 383. The van der Waals surface area contributed by atoms with Crippen molar-refractivity contribution in [2.45, 2.75) is 26.3 Å². The van der Waals surface area contributed by atoms with Crippen molar-refractivity contribution in [3.8, 4) is 0 Å². The Labute approximate surface area is 99.0 Å². The van der Waals surface area contributed by atoms with Crippen LogP contribution in [0.15, 0.2) is 23.2 Å². The molecule has 4 nitrogen and oxygen atoms in total. The van der Waals surface area contributed by atoms with Crippen molar-refractivity contribution in [2.24, 2.45) is 0 Å². The average molecular weight is 240 g/mol. The van der Waals surface area contributed by atoms with E-state index < -0.39 is 5.97 Å². The van der Waals surface area contributed by atoms with Gasteiger partial charge in [0.25, 0.3) is 0 Å². The lowest BCUT2D eigenvalue weighted by molar-refractivity contribution is -0.132. The van der Waals surface area contributed by atoms with Crippen LogP contribution in [0, 0.1) is 0 Å². The second kappa shape index (κ2) is 5.23. The fourth-order valence-electron chi connectivity index (χ4n) is 1.15. The first-order valence-corrected chi connectivity index (χ1v) is 5.86. The van der Waals surface area contributed by atoms with E-state index in [1.165, 1.54) is 0 Å². The topological polar surface area (TPSA) is 62.2 Å². The van der Waals surface area contributed by atoms with Crippen molar-refractivity contribution in [3.63, 3.8) is 0 Å². The zero-order valence-corrected chi connectivity index (χ0v) is 10.5. The maximum Gasteiger partial charge on any atom is 0.330 e. The molecule has 0 atom stereocenters. The zero-order chi connectivity index (χ0) is 12.2. The van der Waals surface area contributed by atoms with Gasteiger partial charge in [-0.1, -0.05) is 6.08 Å². The van der Waals surface area contributed by atoms with Crippen LogP contribution in [-0.2, 0) is 10.3 Å². The summed E-state index contributed by atoms with van der Waals surface area (Å²) in [6.07, 6.45) is 3.43.